The van der Waals surface area contributed by atoms with E-state index in [1.165, 1.54) is 107 Å². The van der Waals surface area contributed by atoms with Crippen molar-refractivity contribution in [1.82, 2.24) is 0 Å². The van der Waals surface area contributed by atoms with E-state index >= 15 is 0 Å². The molecule has 3 unspecified atom stereocenters. The van der Waals surface area contributed by atoms with Crippen molar-refractivity contribution in [1.29, 1.82) is 0 Å². The Labute approximate surface area is 836 Å². The lowest BCUT2D eigenvalue weighted by Gasteiger charge is -2.31. The molecule has 0 saturated carbocycles. The van der Waals surface area contributed by atoms with E-state index in [0.29, 0.717) is 118 Å². The molecule has 8 aliphatic rings. The number of rotatable bonds is 34. The zero-order valence-electron chi connectivity index (χ0n) is 98.8. The SMILES string of the molecule is CC(C)C1=C(C(C)C)C(C(C)C)=C(O[Si](C)(C)C)C1.CC(C)C1=C(O[Si](C)(C)C)C(C(C)C)C(C(C)C)=C1C(C)C.CC(C)C1=C(O[Si](C)(C)C)C(C(C)C)C=C1.CC(C)C1=C(O[Si](C)(C)C)CC=C1.CC(C)C1=CC(C(C)C)=C(O[Si](C)(C)C)C1.CC(C)C1=CCC(O[Si](C)(C)C)=C1.CC(C)C1=CCC(O[Si](C)(C)C)=C1C(C)C.CCC1C=C(C(C)C)C(C(C)C)=C1O[Si](C)(C)C. The molecule has 0 aromatic carbocycles. The van der Waals surface area contributed by atoms with Crippen LogP contribution in [0.3, 0.4) is 0 Å². The van der Waals surface area contributed by atoms with E-state index in [4.69, 9.17) is 35.4 Å². The molecule has 0 saturated heterocycles. The molecular weight excluding hydrogens is 1760 g/mol. The van der Waals surface area contributed by atoms with Gasteiger partial charge in [0.15, 0.2) is 0 Å². The van der Waals surface area contributed by atoms with Gasteiger partial charge in [-0.25, -0.2) is 0 Å². The molecule has 16 heteroatoms. The van der Waals surface area contributed by atoms with Crippen LogP contribution in [-0.2, 0) is 35.4 Å². The highest BCUT2D eigenvalue weighted by Crippen LogP contribution is 2.52. The summed E-state index contributed by atoms with van der Waals surface area (Å²) >= 11 is 0. The summed E-state index contributed by atoms with van der Waals surface area (Å²) in [5.74, 6) is 21.5. The Hall–Kier alpha value is -4.02. The standard InChI is InChI=1S/C20H38OSi.C17H32OSi.C16H30OSi.3C14H26OSi.2C11H20OSi/c1-12(2)16-17(13(3)4)19(15(7)8)20(18(16)14(5)6)21-22(9,10)11;1-11(2)14-10-15(18-19(7,8)9)17(13(5)6)16(14)12(3)4;1-9-13-10-14(11(2)3)15(12(4)5)16(13)17-18(6,7)8;1-10(2)12-8-13(11(3)4)14(9-12)15-16(5,6)7;1-10(2)12-8-9-13(14(12)11(3)4)15-16(5,6)7;1-10(2)12-8-9-13(11(3)4)14(12)15-16(5,6)7;1-9(2)10-6-7-11(8-10)12-13(3,4)5;1-9(2)10-7-6-8-11(10)12-13(3,4)5/h12-15,18H,1-11H3;11-13H,10H2,1-9H3;10-13H,9H2,1-8H3;2*8,10-11H,9H2,1-7H3;8-12H,1-7H3;6,8-9H,7H2,1-5H3;6-7,9H,8H2,1-5H3. The molecule has 0 heterocycles. The van der Waals surface area contributed by atoms with Crippen molar-refractivity contribution in [3.63, 3.8) is 0 Å². The first-order chi connectivity index (χ1) is 60.0. The lowest BCUT2D eigenvalue weighted by atomic mass is 9.80. The summed E-state index contributed by atoms with van der Waals surface area (Å²) in [6.07, 6.45) is 26.9. The summed E-state index contributed by atoms with van der Waals surface area (Å²) in [5, 5.41) is 0. The Kier molecular flexibility index (Phi) is 51.3. The molecule has 133 heavy (non-hydrogen) atoms. The summed E-state index contributed by atoms with van der Waals surface area (Å²) in [5.41, 5.74) is 22.6. The fourth-order valence-electron chi connectivity index (χ4n) is 18.5. The van der Waals surface area contributed by atoms with Crippen molar-refractivity contribution in [2.45, 2.75) is 438 Å². The monoisotopic (exact) mass is 1980 g/mol. The first-order valence-electron chi connectivity index (χ1n) is 53.0. The van der Waals surface area contributed by atoms with E-state index < -0.39 is 66.5 Å². The minimum atomic E-state index is -1.61. The van der Waals surface area contributed by atoms with Crippen LogP contribution in [0.1, 0.15) is 281 Å². The Morgan fingerprint density at radius 3 is 1.05 bits per heavy atom. The lowest BCUT2D eigenvalue weighted by molar-refractivity contribution is 0.309. The largest absolute Gasteiger partial charge is 0.547 e. The third-order valence-electron chi connectivity index (χ3n) is 23.6. The second-order valence-electron chi connectivity index (χ2n) is 52.2. The van der Waals surface area contributed by atoms with Crippen molar-refractivity contribution in [3.05, 3.63) is 184 Å². The number of hydrogen-bond acceptors (Lipinski definition) is 8. The molecule has 0 aliphatic heterocycles. The van der Waals surface area contributed by atoms with Crippen LogP contribution in [0.15, 0.2) is 184 Å². The molecule has 0 bridgehead atoms. The fraction of sp³-hybridized carbons (Fsp3) is 0.726. The molecule has 0 N–H and O–H groups in total. The maximum Gasteiger partial charge on any atom is 0.241 e. The van der Waals surface area contributed by atoms with Crippen LogP contribution >= 0.6 is 0 Å². The third-order valence-corrected chi connectivity index (χ3v) is 30.4. The van der Waals surface area contributed by atoms with Crippen molar-refractivity contribution in [3.8, 4) is 0 Å². The molecule has 3 atom stereocenters. The van der Waals surface area contributed by atoms with Gasteiger partial charge in [-0.15, -0.1) is 0 Å². The summed E-state index contributed by atoms with van der Waals surface area (Å²) in [6, 6.07) is 0. The van der Waals surface area contributed by atoms with Crippen molar-refractivity contribution in [2.75, 3.05) is 0 Å². The van der Waals surface area contributed by atoms with Crippen molar-refractivity contribution >= 4 is 66.5 Å². The maximum atomic E-state index is 6.68. The Balaban J connectivity index is 0.000000764. The van der Waals surface area contributed by atoms with Crippen molar-refractivity contribution in [2.24, 2.45) is 118 Å². The highest BCUT2D eigenvalue weighted by atomic mass is 28.4. The van der Waals surface area contributed by atoms with Gasteiger partial charge in [0.05, 0.1) is 46.1 Å². The summed E-state index contributed by atoms with van der Waals surface area (Å²) < 4.78 is 50.2. The summed E-state index contributed by atoms with van der Waals surface area (Å²) in [6.45, 7) is 134. The Morgan fingerprint density at radius 1 is 0.286 bits per heavy atom. The van der Waals surface area contributed by atoms with Gasteiger partial charge in [-0.2, -0.15) is 0 Å². The minimum absolute atomic E-state index is 0.474. The highest BCUT2D eigenvalue weighted by molar-refractivity contribution is 6.72. The highest BCUT2D eigenvalue weighted by Gasteiger charge is 2.43. The van der Waals surface area contributed by atoms with Gasteiger partial charge in [0, 0.05) is 49.9 Å². The van der Waals surface area contributed by atoms with E-state index in [-0.39, 0.29) is 0 Å². The molecule has 0 amide bonds. The molecule has 0 aromatic rings. The van der Waals surface area contributed by atoms with E-state index in [2.05, 4.69) is 454 Å². The maximum absolute atomic E-state index is 6.68. The van der Waals surface area contributed by atoms with Gasteiger partial charge in [-0.1, -0.05) is 308 Å². The average Bonchev–Trinajstić information content (AvgIpc) is 1.59. The normalized spacial score (nSPS) is 18.9. The number of hydrogen-bond donors (Lipinski definition) is 0. The van der Waals surface area contributed by atoms with Crippen LogP contribution in [0.25, 0.3) is 0 Å². The fourth-order valence-corrected chi connectivity index (χ4v) is 25.9. The van der Waals surface area contributed by atoms with Crippen LogP contribution in [-0.4, -0.2) is 66.5 Å². The van der Waals surface area contributed by atoms with Crippen LogP contribution in [0, 0.1) is 118 Å². The van der Waals surface area contributed by atoms with Crippen LogP contribution < -0.4 is 0 Å². The third kappa shape index (κ3) is 43.9. The van der Waals surface area contributed by atoms with Crippen LogP contribution in [0.4, 0.5) is 0 Å². The molecule has 8 aliphatic carbocycles. The average molecular weight is 1980 g/mol. The molecule has 0 fully saturated rings. The zero-order valence-corrected chi connectivity index (χ0v) is 107. The first-order valence-corrected chi connectivity index (χ1v) is 80.3. The Bertz CT molecular complexity index is 4240. The first kappa shape index (κ1) is 127. The lowest BCUT2D eigenvalue weighted by Crippen LogP contribution is -2.29. The molecule has 0 spiro atoms. The predicted octanol–water partition coefficient (Wildman–Crippen LogP) is 39.2. The molecular formula is C117H218O8Si8. The van der Waals surface area contributed by atoms with Gasteiger partial charge in [-0.3, -0.25) is 0 Å². The van der Waals surface area contributed by atoms with Crippen LogP contribution in [0.2, 0.25) is 157 Å². The quantitative estimate of drug-likeness (QED) is 0.0590. The van der Waals surface area contributed by atoms with Crippen molar-refractivity contribution < 1.29 is 35.4 Å². The van der Waals surface area contributed by atoms with E-state index in [1.54, 1.807) is 22.3 Å². The molecule has 8 rings (SSSR count). The Morgan fingerprint density at radius 2 is 0.692 bits per heavy atom. The second kappa shape index (κ2) is 53.7. The minimum Gasteiger partial charge on any atom is -0.547 e. The second-order valence-corrected chi connectivity index (χ2v) is 87.6. The van der Waals surface area contributed by atoms with E-state index in [0.717, 1.165) is 38.5 Å². The van der Waals surface area contributed by atoms with Gasteiger partial charge in [0.25, 0.3) is 0 Å². The summed E-state index contributed by atoms with van der Waals surface area (Å²) in [7, 11) is -11.9. The predicted molar refractivity (Wildman–Crippen MR) is 613 cm³/mol. The molecule has 8 nitrogen and oxygen atoms in total. The van der Waals surface area contributed by atoms with Crippen LogP contribution in [0.5, 0.6) is 0 Å². The molecule has 0 radical (unpaired) electrons. The molecule has 0 aromatic heterocycles. The zero-order chi connectivity index (χ0) is 104. The topological polar surface area (TPSA) is 73.8 Å². The van der Waals surface area contributed by atoms with E-state index in [1.807, 2.05) is 0 Å². The van der Waals surface area contributed by atoms with Gasteiger partial charge in [-0.05, 0) is 337 Å². The van der Waals surface area contributed by atoms with Gasteiger partial charge in [0.1, 0.15) is 0 Å². The number of allylic oxidation sites excluding steroid dienone is 24. The van der Waals surface area contributed by atoms with Gasteiger partial charge >= 0.3 is 0 Å². The van der Waals surface area contributed by atoms with Gasteiger partial charge < -0.3 is 35.4 Å². The summed E-state index contributed by atoms with van der Waals surface area (Å²) in [4.78, 5) is 0. The van der Waals surface area contributed by atoms with E-state index in [9.17, 15) is 0 Å². The molecule has 766 valence electrons. The smallest absolute Gasteiger partial charge is 0.241 e. The van der Waals surface area contributed by atoms with Gasteiger partial charge in [0.2, 0.25) is 66.5 Å².